The van der Waals surface area contributed by atoms with Gasteiger partial charge in [-0.2, -0.15) is 0 Å². The molecule has 0 spiro atoms. The predicted molar refractivity (Wildman–Crippen MR) is 96.7 cm³/mol. The van der Waals surface area contributed by atoms with Gasteiger partial charge in [0, 0.05) is 27.6 Å². The molecule has 5 heteroatoms. The fourth-order valence-electron chi connectivity index (χ4n) is 2.77. The van der Waals surface area contributed by atoms with Crippen molar-refractivity contribution in [1.29, 1.82) is 0 Å². The molecule has 0 saturated heterocycles. The van der Waals surface area contributed by atoms with Gasteiger partial charge < -0.3 is 10.6 Å². The van der Waals surface area contributed by atoms with Crippen molar-refractivity contribution in [3.8, 4) is 0 Å². The highest BCUT2D eigenvalue weighted by Gasteiger charge is 2.26. The van der Waals surface area contributed by atoms with Gasteiger partial charge in [0.25, 0.3) is 0 Å². The highest BCUT2D eigenvalue weighted by molar-refractivity contribution is 7.16. The molecule has 0 amide bonds. The monoisotopic (exact) mass is 333 g/mol. The number of thiophene rings is 1. The van der Waals surface area contributed by atoms with Crippen molar-refractivity contribution in [2.45, 2.75) is 26.9 Å². The topological polar surface area (TPSA) is 41.6 Å². The molecule has 1 atom stereocenters. The first-order valence-electron chi connectivity index (χ1n) is 7.42. The van der Waals surface area contributed by atoms with Crippen LogP contribution in [0.5, 0.6) is 0 Å². The molecular formula is C17H20ClN3S. The Balaban J connectivity index is 2.17. The molecule has 1 unspecified atom stereocenters. The molecule has 2 N–H and O–H groups in total. The van der Waals surface area contributed by atoms with E-state index in [1.54, 1.807) is 0 Å². The van der Waals surface area contributed by atoms with Gasteiger partial charge in [-0.1, -0.05) is 23.7 Å². The summed E-state index contributed by atoms with van der Waals surface area (Å²) in [5, 5.41) is 1.98. The molecule has 1 aromatic carbocycles. The molecule has 2 heterocycles. The molecule has 22 heavy (non-hydrogen) atoms. The molecule has 0 radical (unpaired) electrons. The zero-order valence-corrected chi connectivity index (χ0v) is 14.6. The van der Waals surface area contributed by atoms with Gasteiger partial charge in [0.05, 0.1) is 18.4 Å². The maximum absolute atomic E-state index is 6.18. The highest BCUT2D eigenvalue weighted by Crippen LogP contribution is 2.38. The van der Waals surface area contributed by atoms with E-state index in [4.69, 9.17) is 22.3 Å². The Hall–Kier alpha value is -1.36. The molecule has 1 aliphatic rings. The van der Waals surface area contributed by atoms with Crippen LogP contribution in [0.2, 0.25) is 5.02 Å². The summed E-state index contributed by atoms with van der Waals surface area (Å²) >= 11 is 7.83. The highest BCUT2D eigenvalue weighted by atomic mass is 35.5. The van der Waals surface area contributed by atoms with Gasteiger partial charge in [-0.15, -0.1) is 11.3 Å². The number of nitrogens with zero attached hydrogens (tertiary/aromatic N) is 2. The normalized spacial score (nSPS) is 16.0. The number of anilines is 1. The average molecular weight is 334 g/mol. The number of hydrogen-bond acceptors (Lipinski definition) is 4. The van der Waals surface area contributed by atoms with Crippen molar-refractivity contribution in [2.24, 2.45) is 10.7 Å². The molecule has 1 aliphatic heterocycles. The quantitative estimate of drug-likeness (QED) is 0.903. The lowest BCUT2D eigenvalue weighted by atomic mass is 10.00. The van der Waals surface area contributed by atoms with Crippen LogP contribution in [0.1, 0.15) is 28.5 Å². The Morgan fingerprint density at radius 2 is 1.95 bits per heavy atom. The van der Waals surface area contributed by atoms with Gasteiger partial charge in [-0.25, -0.2) is 0 Å². The third-order valence-corrected chi connectivity index (χ3v) is 5.58. The van der Waals surface area contributed by atoms with Gasteiger partial charge in [0.1, 0.15) is 5.00 Å². The lowest BCUT2D eigenvalue weighted by molar-refractivity contribution is 0.668. The van der Waals surface area contributed by atoms with Crippen LogP contribution in [0, 0.1) is 13.8 Å². The van der Waals surface area contributed by atoms with Crippen molar-refractivity contribution >= 4 is 33.7 Å². The third-order valence-electron chi connectivity index (χ3n) is 4.08. The molecule has 116 valence electrons. The number of rotatable bonds is 2. The predicted octanol–water partition coefficient (Wildman–Crippen LogP) is 3.98. The van der Waals surface area contributed by atoms with Crippen LogP contribution in [0.25, 0.3) is 0 Å². The summed E-state index contributed by atoms with van der Waals surface area (Å²) in [7, 11) is 0. The van der Waals surface area contributed by atoms with Crippen LogP contribution >= 0.6 is 22.9 Å². The summed E-state index contributed by atoms with van der Waals surface area (Å²) in [6.07, 6.45) is -0.0176. The molecule has 3 nitrogen and oxygen atoms in total. The minimum absolute atomic E-state index is 0.0176. The minimum Gasteiger partial charge on any atom is -0.346 e. The summed E-state index contributed by atoms with van der Waals surface area (Å²) in [5.41, 5.74) is 10.9. The summed E-state index contributed by atoms with van der Waals surface area (Å²) in [5.74, 6) is 0. The maximum Gasteiger partial charge on any atom is 0.102 e. The Kier molecular flexibility index (Phi) is 4.26. The minimum atomic E-state index is -0.0176. The van der Waals surface area contributed by atoms with E-state index in [9.17, 15) is 0 Å². The Morgan fingerprint density at radius 1 is 1.27 bits per heavy atom. The second-order valence-electron chi connectivity index (χ2n) is 5.63. The first-order valence-corrected chi connectivity index (χ1v) is 8.61. The molecule has 1 aromatic heterocycles. The Labute approximate surface area is 140 Å². The van der Waals surface area contributed by atoms with Crippen LogP contribution in [0.4, 0.5) is 5.00 Å². The first kappa shape index (κ1) is 15.5. The van der Waals surface area contributed by atoms with Crippen LogP contribution < -0.4 is 10.6 Å². The SMILES string of the molecule is Cc1sc2c(c1C)C(c1ccc(Cl)cc1)=NCCN2C(C)N. The van der Waals surface area contributed by atoms with E-state index in [-0.39, 0.29) is 6.17 Å². The average Bonchev–Trinajstić information content (AvgIpc) is 2.67. The first-order chi connectivity index (χ1) is 10.5. The number of benzene rings is 1. The largest absolute Gasteiger partial charge is 0.346 e. The standard InChI is InChI=1S/C17H20ClN3S/c1-10-11(2)22-17-15(10)16(13-4-6-14(18)7-5-13)20-8-9-21(17)12(3)19/h4-7,12H,8-9,19H2,1-3H3. The fraction of sp³-hybridized carbons (Fsp3) is 0.353. The molecular weight excluding hydrogens is 314 g/mol. The molecule has 0 fully saturated rings. The van der Waals surface area contributed by atoms with Gasteiger partial charge in [0.15, 0.2) is 0 Å². The van der Waals surface area contributed by atoms with Crippen molar-refractivity contribution in [1.82, 2.24) is 0 Å². The summed E-state index contributed by atoms with van der Waals surface area (Å²) in [6.45, 7) is 7.95. The number of halogens is 1. The Morgan fingerprint density at radius 3 is 2.59 bits per heavy atom. The van der Waals surface area contributed by atoms with Crippen LogP contribution in [-0.2, 0) is 0 Å². The molecule has 0 bridgehead atoms. The van der Waals surface area contributed by atoms with E-state index in [1.807, 2.05) is 42.5 Å². The van der Waals surface area contributed by atoms with Crippen molar-refractivity contribution in [3.63, 3.8) is 0 Å². The maximum atomic E-state index is 6.18. The Bertz CT molecular complexity index is 716. The summed E-state index contributed by atoms with van der Waals surface area (Å²) < 4.78 is 0. The van der Waals surface area contributed by atoms with Crippen molar-refractivity contribution < 1.29 is 0 Å². The number of aryl methyl sites for hydroxylation is 1. The lowest BCUT2D eigenvalue weighted by Crippen LogP contribution is -2.40. The fourth-order valence-corrected chi connectivity index (χ4v) is 4.17. The van der Waals surface area contributed by atoms with Gasteiger partial charge in [-0.3, -0.25) is 4.99 Å². The van der Waals surface area contributed by atoms with E-state index in [2.05, 4.69) is 18.7 Å². The van der Waals surface area contributed by atoms with Crippen LogP contribution in [0.15, 0.2) is 29.3 Å². The zero-order valence-electron chi connectivity index (χ0n) is 13.1. The second-order valence-corrected chi connectivity index (χ2v) is 7.27. The number of hydrogen-bond donors (Lipinski definition) is 1. The summed E-state index contributed by atoms with van der Waals surface area (Å²) in [6, 6.07) is 7.92. The van der Waals surface area contributed by atoms with Crippen LogP contribution in [0.3, 0.4) is 0 Å². The smallest absolute Gasteiger partial charge is 0.102 e. The number of fused-ring (bicyclic) bond motifs is 1. The van der Waals surface area contributed by atoms with E-state index in [0.717, 1.165) is 29.4 Å². The van der Waals surface area contributed by atoms with E-state index in [1.165, 1.54) is 21.0 Å². The molecule has 3 rings (SSSR count). The van der Waals surface area contributed by atoms with E-state index < -0.39 is 0 Å². The van der Waals surface area contributed by atoms with Gasteiger partial charge in [0.2, 0.25) is 0 Å². The van der Waals surface area contributed by atoms with Gasteiger partial charge in [-0.05, 0) is 38.5 Å². The molecule has 0 saturated carbocycles. The second kappa shape index (κ2) is 6.03. The lowest BCUT2D eigenvalue weighted by Gasteiger charge is -2.26. The number of aliphatic imine (C=N–C) groups is 1. The third kappa shape index (κ3) is 2.67. The van der Waals surface area contributed by atoms with E-state index >= 15 is 0 Å². The molecule has 2 aromatic rings. The summed E-state index contributed by atoms with van der Waals surface area (Å²) in [4.78, 5) is 8.43. The van der Waals surface area contributed by atoms with Crippen LogP contribution in [-0.4, -0.2) is 25.0 Å². The number of nitrogens with two attached hydrogens (primary N) is 1. The van der Waals surface area contributed by atoms with E-state index in [0.29, 0.717) is 0 Å². The van der Waals surface area contributed by atoms with Crippen molar-refractivity contribution in [2.75, 3.05) is 18.0 Å². The zero-order chi connectivity index (χ0) is 15.9. The van der Waals surface area contributed by atoms with Crippen molar-refractivity contribution in [3.05, 3.63) is 50.9 Å². The molecule has 0 aliphatic carbocycles. The van der Waals surface area contributed by atoms with Gasteiger partial charge >= 0.3 is 0 Å².